The van der Waals surface area contributed by atoms with Gasteiger partial charge in [-0.3, -0.25) is 0 Å². The molecule has 5 heteroatoms. The van der Waals surface area contributed by atoms with E-state index in [0.717, 1.165) is 6.07 Å². The molecule has 0 spiro atoms. The summed E-state index contributed by atoms with van der Waals surface area (Å²) < 4.78 is 39.6. The Morgan fingerprint density at radius 1 is 1.14 bits per heavy atom. The number of nitrogens with zero attached hydrogens (tertiary/aromatic N) is 1. The molecule has 21 heavy (non-hydrogen) atoms. The number of rotatable bonds is 4. The van der Waals surface area contributed by atoms with Crippen molar-refractivity contribution in [1.82, 2.24) is 4.98 Å². The molecule has 110 valence electrons. The lowest BCUT2D eigenvalue weighted by Crippen LogP contribution is -2.14. The maximum Gasteiger partial charge on any atom is 0.416 e. The van der Waals surface area contributed by atoms with Crippen LogP contribution in [0.25, 0.3) is 0 Å². The number of hydrogen-bond acceptors (Lipinski definition) is 2. The predicted molar refractivity (Wildman–Crippen MR) is 76.8 cm³/mol. The minimum absolute atomic E-state index is 0.185. The second-order valence-corrected chi connectivity index (χ2v) is 4.64. The molecule has 0 aliphatic heterocycles. The van der Waals surface area contributed by atoms with Gasteiger partial charge in [0.1, 0.15) is 5.82 Å². The first-order valence-corrected chi connectivity index (χ1v) is 6.42. The summed E-state index contributed by atoms with van der Waals surface area (Å²) in [5, 5.41) is 0. The molecule has 0 fully saturated rings. The lowest BCUT2D eigenvalue weighted by Gasteiger charge is -2.21. The number of nitrogen functional groups attached to an aromatic ring is 1. The van der Waals surface area contributed by atoms with E-state index in [1.54, 1.807) is 24.3 Å². The van der Waals surface area contributed by atoms with Crippen molar-refractivity contribution in [3.63, 3.8) is 0 Å². The fourth-order valence-electron chi connectivity index (χ4n) is 2.37. The van der Waals surface area contributed by atoms with Crippen molar-refractivity contribution in [1.29, 1.82) is 0 Å². The van der Waals surface area contributed by atoms with Crippen molar-refractivity contribution in [2.24, 2.45) is 0 Å². The van der Waals surface area contributed by atoms with Crippen molar-refractivity contribution in [2.45, 2.75) is 18.5 Å². The molecule has 2 rings (SSSR count). The van der Waals surface area contributed by atoms with Crippen LogP contribution in [0.4, 0.5) is 19.0 Å². The van der Waals surface area contributed by atoms with Crippen LogP contribution in [0, 0.1) is 0 Å². The van der Waals surface area contributed by atoms with Crippen LogP contribution in [0.1, 0.15) is 29.0 Å². The van der Waals surface area contributed by atoms with Gasteiger partial charge in [-0.15, -0.1) is 6.58 Å². The number of benzene rings is 1. The fraction of sp³-hybridized carbons (Fsp3) is 0.188. The molecule has 1 aromatic carbocycles. The zero-order chi connectivity index (χ0) is 15.5. The van der Waals surface area contributed by atoms with Gasteiger partial charge in [-0.1, -0.05) is 30.3 Å². The maximum absolute atomic E-state index is 13.2. The molecule has 2 nitrogen and oxygen atoms in total. The summed E-state index contributed by atoms with van der Waals surface area (Å²) in [7, 11) is 0. The van der Waals surface area contributed by atoms with Crippen LogP contribution in [0.15, 0.2) is 55.3 Å². The Hall–Kier alpha value is -2.30. The number of pyridine rings is 1. The Morgan fingerprint density at radius 2 is 1.81 bits per heavy atom. The minimum Gasteiger partial charge on any atom is -0.383 e. The zero-order valence-corrected chi connectivity index (χ0v) is 11.3. The normalized spacial score (nSPS) is 12.9. The Balaban J connectivity index is 2.60. The molecule has 0 bridgehead atoms. The first-order valence-electron chi connectivity index (χ1n) is 6.42. The molecule has 0 radical (unpaired) electrons. The van der Waals surface area contributed by atoms with E-state index in [2.05, 4.69) is 11.6 Å². The van der Waals surface area contributed by atoms with Gasteiger partial charge in [0, 0.05) is 17.7 Å². The summed E-state index contributed by atoms with van der Waals surface area (Å²) in [5.41, 5.74) is 5.93. The Labute approximate surface area is 121 Å². The molecular weight excluding hydrogens is 277 g/mol. The minimum atomic E-state index is -4.41. The Kier molecular flexibility index (Phi) is 4.31. The van der Waals surface area contributed by atoms with Crippen LogP contribution >= 0.6 is 0 Å². The third kappa shape index (κ3) is 3.24. The largest absolute Gasteiger partial charge is 0.416 e. The van der Waals surface area contributed by atoms with Gasteiger partial charge in [0.15, 0.2) is 0 Å². The van der Waals surface area contributed by atoms with Crippen LogP contribution < -0.4 is 5.73 Å². The van der Waals surface area contributed by atoms with Crippen molar-refractivity contribution in [2.75, 3.05) is 5.73 Å². The second-order valence-electron chi connectivity index (χ2n) is 4.64. The summed E-state index contributed by atoms with van der Waals surface area (Å²) in [6.45, 7) is 3.63. The van der Waals surface area contributed by atoms with E-state index >= 15 is 0 Å². The predicted octanol–water partition coefficient (Wildman–Crippen LogP) is 4.39. The van der Waals surface area contributed by atoms with Gasteiger partial charge in [-0.25, -0.2) is 4.98 Å². The molecule has 0 aliphatic rings. The van der Waals surface area contributed by atoms with Gasteiger partial charge in [-0.05, 0) is 24.1 Å². The van der Waals surface area contributed by atoms with Crippen molar-refractivity contribution < 1.29 is 13.2 Å². The maximum atomic E-state index is 13.2. The van der Waals surface area contributed by atoms with E-state index in [-0.39, 0.29) is 11.4 Å². The first kappa shape index (κ1) is 15.1. The highest BCUT2D eigenvalue weighted by atomic mass is 19.4. The number of hydrogen-bond donors (Lipinski definition) is 1. The summed E-state index contributed by atoms with van der Waals surface area (Å²) in [6, 6.07) is 8.89. The highest BCUT2D eigenvalue weighted by molar-refractivity contribution is 5.48. The number of halogens is 3. The molecule has 0 aliphatic carbocycles. The van der Waals surface area contributed by atoms with Gasteiger partial charge in [0.05, 0.1) is 5.56 Å². The van der Waals surface area contributed by atoms with E-state index in [9.17, 15) is 13.2 Å². The average molecular weight is 292 g/mol. The fourth-order valence-corrected chi connectivity index (χ4v) is 2.37. The van der Waals surface area contributed by atoms with E-state index in [0.29, 0.717) is 12.0 Å². The molecule has 0 amide bonds. The van der Waals surface area contributed by atoms with Crippen LogP contribution in [0.2, 0.25) is 0 Å². The van der Waals surface area contributed by atoms with Gasteiger partial charge in [0.2, 0.25) is 0 Å². The van der Waals surface area contributed by atoms with Gasteiger partial charge in [-0.2, -0.15) is 13.2 Å². The molecule has 1 heterocycles. The summed E-state index contributed by atoms with van der Waals surface area (Å²) in [6.07, 6.45) is -0.959. The van der Waals surface area contributed by atoms with Gasteiger partial charge >= 0.3 is 6.18 Å². The molecule has 1 unspecified atom stereocenters. The van der Waals surface area contributed by atoms with Crippen LogP contribution in [-0.2, 0) is 6.18 Å². The monoisotopic (exact) mass is 292 g/mol. The van der Waals surface area contributed by atoms with Crippen LogP contribution in [-0.4, -0.2) is 4.98 Å². The molecular formula is C16H15F3N2. The summed E-state index contributed by atoms with van der Waals surface area (Å²) in [5.74, 6) is -0.282. The van der Waals surface area contributed by atoms with Crippen molar-refractivity contribution >= 4 is 5.82 Å². The van der Waals surface area contributed by atoms with Crippen LogP contribution in [0.3, 0.4) is 0 Å². The summed E-state index contributed by atoms with van der Waals surface area (Å²) >= 11 is 0. The van der Waals surface area contributed by atoms with E-state index in [4.69, 9.17) is 5.73 Å². The molecule has 0 saturated heterocycles. The number of allylic oxidation sites excluding steroid dienone is 1. The number of anilines is 1. The highest BCUT2D eigenvalue weighted by Gasteiger charge is 2.35. The smallest absolute Gasteiger partial charge is 0.383 e. The highest BCUT2D eigenvalue weighted by Crippen LogP contribution is 2.39. The lowest BCUT2D eigenvalue weighted by molar-refractivity contribution is -0.138. The number of nitrogens with two attached hydrogens (primary N) is 1. The molecule has 1 atom stereocenters. The third-order valence-corrected chi connectivity index (χ3v) is 3.29. The van der Waals surface area contributed by atoms with Crippen molar-refractivity contribution in [3.8, 4) is 0 Å². The van der Waals surface area contributed by atoms with E-state index in [1.165, 1.54) is 18.3 Å². The second kappa shape index (κ2) is 5.99. The van der Waals surface area contributed by atoms with Gasteiger partial charge in [0.25, 0.3) is 0 Å². The van der Waals surface area contributed by atoms with E-state index < -0.39 is 17.7 Å². The molecule has 2 aromatic rings. The third-order valence-electron chi connectivity index (χ3n) is 3.29. The number of alkyl halides is 3. The standard InChI is InChI=1S/C16H15F3N2/c1-2-6-11(13-8-5-10-21-15(13)20)12-7-3-4-9-14(12)16(17,18)19/h2-5,7-11H,1,6H2,(H2,20,21). The quantitative estimate of drug-likeness (QED) is 0.849. The Bertz CT molecular complexity index is 635. The molecule has 0 saturated carbocycles. The zero-order valence-electron chi connectivity index (χ0n) is 11.3. The molecule has 2 N–H and O–H groups in total. The topological polar surface area (TPSA) is 38.9 Å². The Morgan fingerprint density at radius 3 is 2.43 bits per heavy atom. The lowest BCUT2D eigenvalue weighted by atomic mass is 9.85. The first-order chi connectivity index (χ1) is 9.95. The van der Waals surface area contributed by atoms with Gasteiger partial charge < -0.3 is 5.73 Å². The molecule has 1 aromatic heterocycles. The number of aromatic nitrogens is 1. The summed E-state index contributed by atoms with van der Waals surface area (Å²) in [4.78, 5) is 3.96. The van der Waals surface area contributed by atoms with Crippen LogP contribution in [0.5, 0.6) is 0 Å². The average Bonchev–Trinajstić information content (AvgIpc) is 2.45. The van der Waals surface area contributed by atoms with E-state index in [1.807, 2.05) is 0 Å². The van der Waals surface area contributed by atoms with Crippen molar-refractivity contribution in [3.05, 3.63) is 71.9 Å². The SMILES string of the molecule is C=CCC(c1ccccc1C(F)(F)F)c1cccnc1N.